The predicted octanol–water partition coefficient (Wildman–Crippen LogP) is 6.30. The van der Waals surface area contributed by atoms with E-state index >= 15 is 0 Å². The molecule has 0 aliphatic rings. The van der Waals surface area contributed by atoms with Crippen LogP contribution in [0.5, 0.6) is 0 Å². The molecule has 0 spiro atoms. The van der Waals surface area contributed by atoms with Crippen molar-refractivity contribution in [1.82, 2.24) is 24.5 Å². The van der Waals surface area contributed by atoms with Crippen molar-refractivity contribution in [3.8, 4) is 22.5 Å². The molecule has 0 bridgehead atoms. The minimum absolute atomic E-state index is 0.227. The first-order chi connectivity index (χ1) is 16.7. The number of hydrogen-bond donors (Lipinski definition) is 1. The largest absolute Gasteiger partial charge is 0.304 e. The fraction of sp³-hybridized carbons (Fsp3) is 0.296. The van der Waals surface area contributed by atoms with E-state index in [1.165, 1.54) is 0 Å². The van der Waals surface area contributed by atoms with Crippen LogP contribution < -0.4 is 0 Å². The molecule has 5 aromatic rings. The lowest BCUT2D eigenvalue weighted by molar-refractivity contribution is 0.0978. The van der Waals surface area contributed by atoms with E-state index in [0.717, 1.165) is 75.7 Å². The molecule has 1 N–H and O–H groups in total. The number of Topliss-reactive ketones (excluding diaryl/α,β-unsaturated/α-hetero) is 1. The molecule has 0 fully saturated rings. The summed E-state index contributed by atoms with van der Waals surface area (Å²) < 4.78 is 3.22. The summed E-state index contributed by atoms with van der Waals surface area (Å²) in [6, 6.07) is 16.3. The highest BCUT2D eigenvalue weighted by atomic mass is 32.1. The fourth-order valence-electron chi connectivity index (χ4n) is 4.36. The summed E-state index contributed by atoms with van der Waals surface area (Å²) in [5.74, 6) is 0.227. The molecular formula is C27H29N5OS. The van der Waals surface area contributed by atoms with Crippen LogP contribution in [0.1, 0.15) is 43.5 Å². The molecule has 0 radical (unpaired) electrons. The van der Waals surface area contributed by atoms with E-state index in [1.807, 2.05) is 18.2 Å². The number of nitrogens with zero attached hydrogens (tertiary/aromatic N) is 4. The summed E-state index contributed by atoms with van der Waals surface area (Å²) in [4.78, 5) is 20.9. The van der Waals surface area contributed by atoms with E-state index in [4.69, 9.17) is 4.98 Å². The number of fused-ring (bicyclic) bond motifs is 3. The van der Waals surface area contributed by atoms with Crippen molar-refractivity contribution in [1.29, 1.82) is 0 Å². The molecule has 0 saturated heterocycles. The zero-order chi connectivity index (χ0) is 23.5. The first-order valence-corrected chi connectivity index (χ1v) is 12.7. The van der Waals surface area contributed by atoms with E-state index in [-0.39, 0.29) is 5.78 Å². The van der Waals surface area contributed by atoms with Gasteiger partial charge >= 0.3 is 0 Å². The van der Waals surface area contributed by atoms with Crippen molar-refractivity contribution in [2.75, 3.05) is 19.6 Å². The number of aromatic amines is 1. The summed E-state index contributed by atoms with van der Waals surface area (Å²) >= 11 is 1.63. The van der Waals surface area contributed by atoms with Gasteiger partial charge in [0.1, 0.15) is 0 Å². The lowest BCUT2D eigenvalue weighted by Crippen LogP contribution is -2.24. The Bertz CT molecular complexity index is 1390. The molecule has 3 aromatic heterocycles. The molecule has 6 nitrogen and oxygen atoms in total. The fourth-order valence-corrected chi connectivity index (χ4v) is 5.40. The molecule has 34 heavy (non-hydrogen) atoms. The molecule has 0 saturated carbocycles. The van der Waals surface area contributed by atoms with E-state index in [9.17, 15) is 4.79 Å². The highest BCUT2D eigenvalue weighted by molar-refractivity contribution is 7.23. The van der Waals surface area contributed by atoms with E-state index in [2.05, 4.69) is 69.9 Å². The van der Waals surface area contributed by atoms with Gasteiger partial charge in [-0.2, -0.15) is 5.10 Å². The van der Waals surface area contributed by atoms with Crippen molar-refractivity contribution in [2.24, 2.45) is 0 Å². The Morgan fingerprint density at radius 3 is 2.56 bits per heavy atom. The first kappa shape index (κ1) is 22.5. The number of imidazole rings is 1. The molecule has 7 heteroatoms. The molecule has 174 valence electrons. The normalized spacial score (nSPS) is 11.7. The first-order valence-electron chi connectivity index (χ1n) is 11.9. The summed E-state index contributed by atoms with van der Waals surface area (Å²) in [7, 11) is 0. The minimum Gasteiger partial charge on any atom is -0.304 e. The van der Waals surface area contributed by atoms with Crippen LogP contribution in [0.2, 0.25) is 0 Å². The molecule has 0 aliphatic carbocycles. The van der Waals surface area contributed by atoms with E-state index in [1.54, 1.807) is 17.5 Å². The van der Waals surface area contributed by atoms with Crippen LogP contribution in [0.3, 0.4) is 0 Å². The Hall–Kier alpha value is -3.29. The number of H-pyrrole nitrogens is 1. The van der Waals surface area contributed by atoms with Crippen molar-refractivity contribution < 1.29 is 4.79 Å². The Morgan fingerprint density at radius 1 is 1.03 bits per heavy atom. The van der Waals surface area contributed by atoms with Gasteiger partial charge in [-0.05, 0) is 62.3 Å². The van der Waals surface area contributed by atoms with Gasteiger partial charge in [0.25, 0.3) is 0 Å². The third-order valence-electron chi connectivity index (χ3n) is 6.43. The van der Waals surface area contributed by atoms with Crippen LogP contribution in [-0.4, -0.2) is 49.9 Å². The van der Waals surface area contributed by atoms with Gasteiger partial charge in [-0.3, -0.25) is 14.3 Å². The Kier molecular flexibility index (Phi) is 6.56. The Balaban J connectivity index is 1.30. The van der Waals surface area contributed by atoms with Crippen LogP contribution in [0, 0.1) is 0 Å². The predicted molar refractivity (Wildman–Crippen MR) is 140 cm³/mol. The maximum absolute atomic E-state index is 12.7. The van der Waals surface area contributed by atoms with Gasteiger partial charge in [-0.15, -0.1) is 0 Å². The van der Waals surface area contributed by atoms with Gasteiger partial charge in [-0.25, -0.2) is 4.98 Å². The number of benzene rings is 2. The number of hydrogen-bond acceptors (Lipinski definition) is 5. The van der Waals surface area contributed by atoms with Crippen molar-refractivity contribution in [2.45, 2.75) is 33.1 Å². The molecule has 0 unspecified atom stereocenters. The third-order valence-corrected chi connectivity index (χ3v) is 7.45. The summed E-state index contributed by atoms with van der Waals surface area (Å²) in [6.45, 7) is 7.57. The SMILES string of the molecule is CCN(CC)CCCCC(=O)c1ccc2c(c1)sc1nc(-c3ccc(-c4ccn[nH]4)cc3)cn12. The zero-order valence-electron chi connectivity index (χ0n) is 19.6. The van der Waals surface area contributed by atoms with Crippen LogP contribution in [0.4, 0.5) is 0 Å². The summed E-state index contributed by atoms with van der Waals surface area (Å²) in [6.07, 6.45) is 6.43. The third kappa shape index (κ3) is 4.54. The molecule has 2 aromatic carbocycles. The average molecular weight is 472 g/mol. The van der Waals surface area contributed by atoms with E-state index < -0.39 is 0 Å². The molecule has 5 rings (SSSR count). The van der Waals surface area contributed by atoms with Crippen LogP contribution in [-0.2, 0) is 0 Å². The summed E-state index contributed by atoms with van der Waals surface area (Å²) in [5.41, 5.74) is 6.00. The molecule has 0 atom stereocenters. The average Bonchev–Trinajstić information content (AvgIpc) is 3.60. The molecule has 0 amide bonds. The molecule has 3 heterocycles. The van der Waals surface area contributed by atoms with Gasteiger partial charge in [0.15, 0.2) is 10.7 Å². The summed E-state index contributed by atoms with van der Waals surface area (Å²) in [5, 5.41) is 7.01. The smallest absolute Gasteiger partial charge is 0.195 e. The lowest BCUT2D eigenvalue weighted by Gasteiger charge is -2.17. The quantitative estimate of drug-likeness (QED) is 0.192. The number of nitrogens with one attached hydrogen (secondary N) is 1. The van der Waals surface area contributed by atoms with Crippen LogP contribution in [0.15, 0.2) is 60.9 Å². The second-order valence-electron chi connectivity index (χ2n) is 8.52. The Labute approximate surface area is 203 Å². The van der Waals surface area contributed by atoms with Crippen LogP contribution >= 0.6 is 11.3 Å². The topological polar surface area (TPSA) is 66.3 Å². The van der Waals surface area contributed by atoms with Gasteiger partial charge in [-0.1, -0.05) is 49.4 Å². The zero-order valence-corrected chi connectivity index (χ0v) is 20.4. The highest BCUT2D eigenvalue weighted by Gasteiger charge is 2.13. The Morgan fingerprint density at radius 2 is 1.82 bits per heavy atom. The second-order valence-corrected chi connectivity index (χ2v) is 9.53. The number of unbranched alkanes of at least 4 members (excludes halogenated alkanes) is 1. The molecular weight excluding hydrogens is 442 g/mol. The van der Waals surface area contributed by atoms with Gasteiger partial charge in [0.05, 0.1) is 21.6 Å². The lowest BCUT2D eigenvalue weighted by atomic mass is 10.1. The van der Waals surface area contributed by atoms with Gasteiger partial charge < -0.3 is 4.90 Å². The standard InChI is InChI=1S/C27H29N5OS/c1-3-31(4-2)16-6-5-7-25(33)21-12-13-24-26(17-21)34-27-29-23(18-32(24)27)20-10-8-19(9-11-20)22-14-15-28-30-22/h8-15,17-18H,3-7,16H2,1-2H3,(H,28,30). The van der Waals surface area contributed by atoms with Gasteiger partial charge in [0.2, 0.25) is 0 Å². The number of aromatic nitrogens is 4. The number of carbonyl (C=O) groups is 1. The maximum atomic E-state index is 12.7. The van der Waals surface area contributed by atoms with Gasteiger partial charge in [0, 0.05) is 29.9 Å². The number of carbonyl (C=O) groups excluding carboxylic acids is 1. The van der Waals surface area contributed by atoms with Crippen molar-refractivity contribution >= 4 is 32.3 Å². The second kappa shape index (κ2) is 9.91. The number of rotatable bonds is 10. The number of ketones is 1. The highest BCUT2D eigenvalue weighted by Crippen LogP contribution is 2.31. The van der Waals surface area contributed by atoms with E-state index in [0.29, 0.717) is 6.42 Å². The van der Waals surface area contributed by atoms with Crippen LogP contribution in [0.25, 0.3) is 37.7 Å². The minimum atomic E-state index is 0.227. The maximum Gasteiger partial charge on any atom is 0.195 e. The molecule has 0 aliphatic heterocycles. The van der Waals surface area contributed by atoms with Crippen molar-refractivity contribution in [3.63, 3.8) is 0 Å². The monoisotopic (exact) mass is 471 g/mol. The number of thiazole rings is 1. The van der Waals surface area contributed by atoms with Crippen molar-refractivity contribution in [3.05, 3.63) is 66.5 Å².